The van der Waals surface area contributed by atoms with E-state index in [1.54, 1.807) is 7.05 Å². The second-order valence-electron chi connectivity index (χ2n) is 3.13. The summed E-state index contributed by atoms with van der Waals surface area (Å²) in [6, 6.07) is 0. The smallest absolute Gasteiger partial charge is 0.383 e. The minimum Gasteiger partial charge on any atom is -0.383 e. The monoisotopic (exact) mass is 238 g/mol. The number of nitrogens with zero attached hydrogens (tertiary/aromatic N) is 3. The standard InChI is InChI=1S/C8H13F3N4O/c1-12-5-6-7(8(9,10)11)15(14-13-6)3-4-16-2/h12H,3-5H2,1-2H3. The highest BCUT2D eigenvalue weighted by molar-refractivity contribution is 5.13. The first-order valence-electron chi connectivity index (χ1n) is 4.63. The molecule has 0 aromatic carbocycles. The molecule has 16 heavy (non-hydrogen) atoms. The molecule has 0 atom stereocenters. The fourth-order valence-corrected chi connectivity index (χ4v) is 1.28. The summed E-state index contributed by atoms with van der Waals surface area (Å²) >= 11 is 0. The lowest BCUT2D eigenvalue weighted by Gasteiger charge is -2.10. The topological polar surface area (TPSA) is 52.0 Å². The van der Waals surface area contributed by atoms with Crippen molar-refractivity contribution in [1.29, 1.82) is 0 Å². The highest BCUT2D eigenvalue weighted by atomic mass is 19.4. The van der Waals surface area contributed by atoms with Gasteiger partial charge in [0, 0.05) is 13.7 Å². The van der Waals surface area contributed by atoms with E-state index in [1.807, 2.05) is 0 Å². The molecule has 0 spiro atoms. The zero-order valence-corrected chi connectivity index (χ0v) is 9.01. The van der Waals surface area contributed by atoms with Crippen molar-refractivity contribution in [2.24, 2.45) is 0 Å². The van der Waals surface area contributed by atoms with E-state index in [0.29, 0.717) is 0 Å². The van der Waals surface area contributed by atoms with Crippen LogP contribution in [0.2, 0.25) is 0 Å². The minimum absolute atomic E-state index is 0.0296. The number of hydrogen-bond acceptors (Lipinski definition) is 4. The molecule has 0 amide bonds. The SMILES string of the molecule is CNCc1nnn(CCOC)c1C(F)(F)F. The van der Waals surface area contributed by atoms with E-state index in [-0.39, 0.29) is 25.4 Å². The molecule has 0 saturated carbocycles. The van der Waals surface area contributed by atoms with Crippen molar-refractivity contribution in [1.82, 2.24) is 20.3 Å². The number of hydrogen-bond donors (Lipinski definition) is 1. The summed E-state index contributed by atoms with van der Waals surface area (Å²) in [6.07, 6.45) is -4.45. The lowest BCUT2D eigenvalue weighted by Crippen LogP contribution is -2.20. The van der Waals surface area contributed by atoms with Crippen LogP contribution in [-0.2, 0) is 24.0 Å². The van der Waals surface area contributed by atoms with Gasteiger partial charge in [-0.3, -0.25) is 0 Å². The first-order valence-corrected chi connectivity index (χ1v) is 4.63. The van der Waals surface area contributed by atoms with Crippen molar-refractivity contribution in [3.05, 3.63) is 11.4 Å². The van der Waals surface area contributed by atoms with Crippen molar-refractivity contribution in [2.75, 3.05) is 20.8 Å². The Morgan fingerprint density at radius 2 is 2.12 bits per heavy atom. The number of rotatable bonds is 5. The molecule has 0 unspecified atom stereocenters. The van der Waals surface area contributed by atoms with E-state index in [0.717, 1.165) is 4.68 Å². The van der Waals surface area contributed by atoms with Crippen LogP contribution in [0.3, 0.4) is 0 Å². The molecule has 92 valence electrons. The Morgan fingerprint density at radius 3 is 2.62 bits per heavy atom. The molecule has 1 N–H and O–H groups in total. The number of methoxy groups -OCH3 is 1. The van der Waals surface area contributed by atoms with Gasteiger partial charge in [0.1, 0.15) is 5.69 Å². The second-order valence-corrected chi connectivity index (χ2v) is 3.13. The number of aromatic nitrogens is 3. The van der Waals surface area contributed by atoms with Crippen LogP contribution in [0.5, 0.6) is 0 Å². The van der Waals surface area contributed by atoms with Gasteiger partial charge in [0.15, 0.2) is 5.69 Å². The van der Waals surface area contributed by atoms with Crippen LogP contribution in [0.25, 0.3) is 0 Å². The maximum atomic E-state index is 12.7. The average molecular weight is 238 g/mol. The zero-order valence-electron chi connectivity index (χ0n) is 9.01. The van der Waals surface area contributed by atoms with Gasteiger partial charge in [-0.25, -0.2) is 4.68 Å². The number of halogens is 3. The highest BCUT2D eigenvalue weighted by Crippen LogP contribution is 2.30. The predicted octanol–water partition coefficient (Wildman–Crippen LogP) is 0.663. The van der Waals surface area contributed by atoms with Crippen molar-refractivity contribution < 1.29 is 17.9 Å². The molecule has 0 aliphatic heterocycles. The first kappa shape index (κ1) is 12.9. The Labute approximate surface area is 90.6 Å². The maximum Gasteiger partial charge on any atom is 0.434 e. The number of alkyl halides is 3. The number of nitrogens with one attached hydrogen (secondary N) is 1. The summed E-state index contributed by atoms with van der Waals surface area (Å²) < 4.78 is 43.7. The van der Waals surface area contributed by atoms with Crippen LogP contribution < -0.4 is 5.32 Å². The van der Waals surface area contributed by atoms with Gasteiger partial charge < -0.3 is 10.1 Å². The Morgan fingerprint density at radius 1 is 1.44 bits per heavy atom. The van der Waals surface area contributed by atoms with Crippen molar-refractivity contribution >= 4 is 0 Å². The Hall–Kier alpha value is -1.15. The van der Waals surface area contributed by atoms with Gasteiger partial charge in [-0.15, -0.1) is 5.10 Å². The predicted molar refractivity (Wildman–Crippen MR) is 49.7 cm³/mol. The molecule has 5 nitrogen and oxygen atoms in total. The molecule has 1 aromatic rings. The molecular formula is C8H13F3N4O. The molecule has 1 rings (SSSR count). The maximum absolute atomic E-state index is 12.7. The third-order valence-electron chi connectivity index (χ3n) is 1.92. The third-order valence-corrected chi connectivity index (χ3v) is 1.92. The summed E-state index contributed by atoms with van der Waals surface area (Å²) in [5.41, 5.74) is -0.926. The van der Waals surface area contributed by atoms with Gasteiger partial charge in [-0.05, 0) is 7.05 Å². The molecule has 1 aromatic heterocycles. The van der Waals surface area contributed by atoms with E-state index in [4.69, 9.17) is 4.74 Å². The van der Waals surface area contributed by atoms with Crippen LogP contribution in [0.15, 0.2) is 0 Å². The summed E-state index contributed by atoms with van der Waals surface area (Å²) in [5.74, 6) is 0. The normalized spacial score (nSPS) is 12.1. The molecular weight excluding hydrogens is 225 g/mol. The van der Waals surface area contributed by atoms with Gasteiger partial charge in [0.2, 0.25) is 0 Å². The molecule has 1 heterocycles. The van der Waals surface area contributed by atoms with E-state index >= 15 is 0 Å². The fourth-order valence-electron chi connectivity index (χ4n) is 1.28. The summed E-state index contributed by atoms with van der Waals surface area (Å²) in [6.45, 7) is 0.218. The Bertz CT molecular complexity index is 337. The molecule has 0 aliphatic rings. The summed E-state index contributed by atoms with van der Waals surface area (Å²) in [5, 5.41) is 9.58. The highest BCUT2D eigenvalue weighted by Gasteiger charge is 2.38. The van der Waals surface area contributed by atoms with E-state index in [2.05, 4.69) is 15.6 Å². The summed E-state index contributed by atoms with van der Waals surface area (Å²) in [4.78, 5) is 0. The summed E-state index contributed by atoms with van der Waals surface area (Å²) in [7, 11) is 2.97. The molecule has 0 aliphatic carbocycles. The molecule has 0 radical (unpaired) electrons. The van der Waals surface area contributed by atoms with E-state index < -0.39 is 11.9 Å². The average Bonchev–Trinajstić information content (AvgIpc) is 2.58. The first-order chi connectivity index (χ1) is 7.50. The van der Waals surface area contributed by atoms with Crippen LogP contribution in [0.1, 0.15) is 11.4 Å². The molecule has 0 fully saturated rings. The van der Waals surface area contributed by atoms with Gasteiger partial charge in [-0.1, -0.05) is 5.21 Å². The Balaban J connectivity index is 2.99. The third kappa shape index (κ3) is 2.92. The van der Waals surface area contributed by atoms with Gasteiger partial charge >= 0.3 is 6.18 Å². The second kappa shape index (κ2) is 5.26. The van der Waals surface area contributed by atoms with Gasteiger partial charge in [-0.2, -0.15) is 13.2 Å². The lowest BCUT2D eigenvalue weighted by molar-refractivity contribution is -0.145. The van der Waals surface area contributed by atoms with Crippen LogP contribution in [0, 0.1) is 0 Å². The van der Waals surface area contributed by atoms with Gasteiger partial charge in [0.05, 0.1) is 13.2 Å². The molecule has 0 bridgehead atoms. The molecule has 8 heteroatoms. The molecule has 0 saturated heterocycles. The lowest BCUT2D eigenvalue weighted by atomic mass is 10.3. The van der Waals surface area contributed by atoms with Crippen LogP contribution in [-0.4, -0.2) is 35.8 Å². The van der Waals surface area contributed by atoms with Crippen molar-refractivity contribution in [2.45, 2.75) is 19.3 Å². The van der Waals surface area contributed by atoms with Crippen LogP contribution in [0.4, 0.5) is 13.2 Å². The fraction of sp³-hybridized carbons (Fsp3) is 0.750. The number of ether oxygens (including phenoxy) is 1. The van der Waals surface area contributed by atoms with Crippen LogP contribution >= 0.6 is 0 Å². The minimum atomic E-state index is -4.45. The largest absolute Gasteiger partial charge is 0.434 e. The van der Waals surface area contributed by atoms with Gasteiger partial charge in [0.25, 0.3) is 0 Å². The zero-order chi connectivity index (χ0) is 12.2. The van der Waals surface area contributed by atoms with E-state index in [9.17, 15) is 13.2 Å². The van der Waals surface area contributed by atoms with Crippen molar-refractivity contribution in [3.63, 3.8) is 0 Å². The van der Waals surface area contributed by atoms with E-state index in [1.165, 1.54) is 7.11 Å². The Kier molecular flexibility index (Phi) is 4.25. The quantitative estimate of drug-likeness (QED) is 0.818. The van der Waals surface area contributed by atoms with Crippen molar-refractivity contribution in [3.8, 4) is 0 Å².